The molecule has 0 amide bonds. The fourth-order valence-corrected chi connectivity index (χ4v) is 2.38. The van der Waals surface area contributed by atoms with Crippen molar-refractivity contribution in [3.63, 3.8) is 0 Å². The minimum atomic E-state index is 0.497. The highest BCUT2D eigenvalue weighted by atomic mass is 16.5. The van der Waals surface area contributed by atoms with Gasteiger partial charge in [-0.05, 0) is 25.1 Å². The number of aromatic nitrogens is 3. The van der Waals surface area contributed by atoms with Crippen molar-refractivity contribution in [1.82, 2.24) is 15.0 Å². The lowest BCUT2D eigenvalue weighted by atomic mass is 10.2. The molecule has 0 saturated carbocycles. The number of fused-ring (bicyclic) bond motifs is 1. The van der Waals surface area contributed by atoms with Gasteiger partial charge in [-0.3, -0.25) is 4.98 Å². The number of nitrogens with one attached hydrogen (secondary N) is 2. The van der Waals surface area contributed by atoms with Gasteiger partial charge in [-0.25, -0.2) is 4.98 Å². The number of ether oxygens (including phenoxy) is 2. The van der Waals surface area contributed by atoms with Gasteiger partial charge in [-0.1, -0.05) is 0 Å². The highest BCUT2D eigenvalue weighted by Gasteiger charge is 2.13. The van der Waals surface area contributed by atoms with Gasteiger partial charge in [-0.2, -0.15) is 4.98 Å². The summed E-state index contributed by atoms with van der Waals surface area (Å²) in [5.41, 5.74) is 1.63. The molecular formula is C17H19N5O2. The van der Waals surface area contributed by atoms with Gasteiger partial charge in [0.15, 0.2) is 11.5 Å². The van der Waals surface area contributed by atoms with Gasteiger partial charge >= 0.3 is 0 Å². The van der Waals surface area contributed by atoms with Gasteiger partial charge in [-0.15, -0.1) is 0 Å². The molecule has 0 unspecified atom stereocenters. The number of hydrogen-bond donors (Lipinski definition) is 2. The van der Waals surface area contributed by atoms with Crippen LogP contribution < -0.4 is 20.1 Å². The predicted molar refractivity (Wildman–Crippen MR) is 94.3 cm³/mol. The van der Waals surface area contributed by atoms with Crippen LogP contribution in [0.3, 0.4) is 0 Å². The Kier molecular flexibility index (Phi) is 4.60. The van der Waals surface area contributed by atoms with Gasteiger partial charge in [0.25, 0.3) is 0 Å². The zero-order valence-electron chi connectivity index (χ0n) is 13.8. The molecule has 0 aliphatic heterocycles. The second-order valence-electron chi connectivity index (χ2n) is 5.01. The fraction of sp³-hybridized carbons (Fsp3) is 0.235. The van der Waals surface area contributed by atoms with E-state index in [1.54, 1.807) is 26.6 Å². The summed E-state index contributed by atoms with van der Waals surface area (Å²) in [6.45, 7) is 2.76. The zero-order valence-corrected chi connectivity index (χ0v) is 13.8. The molecule has 0 radical (unpaired) electrons. The van der Waals surface area contributed by atoms with E-state index in [9.17, 15) is 0 Å². The molecule has 1 aromatic carbocycles. The predicted octanol–water partition coefficient (Wildman–Crippen LogP) is 3.22. The van der Waals surface area contributed by atoms with Crippen LogP contribution in [0.5, 0.6) is 11.5 Å². The standard InChI is InChI=1S/C17H19N5O2/c1-4-19-16-12-9-14(23-2)15(24-3)10-13(12)21-17(22-16)20-11-5-7-18-8-6-11/h5-10H,4H2,1-3H3,(H2,18,19,20,21,22). The second-order valence-corrected chi connectivity index (χ2v) is 5.01. The van der Waals surface area contributed by atoms with Crippen molar-refractivity contribution >= 4 is 28.4 Å². The van der Waals surface area contributed by atoms with Gasteiger partial charge in [0.05, 0.1) is 19.7 Å². The summed E-state index contributed by atoms with van der Waals surface area (Å²) in [4.78, 5) is 13.1. The third-order valence-electron chi connectivity index (χ3n) is 3.48. The number of nitrogens with zero attached hydrogens (tertiary/aromatic N) is 3. The number of anilines is 3. The average molecular weight is 325 g/mol. The van der Waals surface area contributed by atoms with E-state index in [0.29, 0.717) is 17.4 Å². The first kappa shape index (κ1) is 15.8. The third kappa shape index (κ3) is 3.15. The Bertz CT molecular complexity index is 839. The van der Waals surface area contributed by atoms with Crippen molar-refractivity contribution in [3.05, 3.63) is 36.7 Å². The molecule has 0 spiro atoms. The van der Waals surface area contributed by atoms with Crippen LogP contribution in [-0.4, -0.2) is 35.7 Å². The van der Waals surface area contributed by atoms with Crippen molar-refractivity contribution in [1.29, 1.82) is 0 Å². The average Bonchev–Trinajstić information content (AvgIpc) is 2.61. The number of benzene rings is 1. The highest BCUT2D eigenvalue weighted by Crippen LogP contribution is 2.34. The molecule has 7 nitrogen and oxygen atoms in total. The first-order chi connectivity index (χ1) is 11.7. The van der Waals surface area contributed by atoms with Crippen molar-refractivity contribution in [3.8, 4) is 11.5 Å². The monoisotopic (exact) mass is 325 g/mol. The highest BCUT2D eigenvalue weighted by molar-refractivity contribution is 5.93. The molecule has 3 aromatic rings. The Hall–Kier alpha value is -3.09. The Morgan fingerprint density at radius 1 is 1.00 bits per heavy atom. The topological polar surface area (TPSA) is 81.2 Å². The molecule has 7 heteroatoms. The molecule has 2 N–H and O–H groups in total. The molecule has 0 fully saturated rings. The lowest BCUT2D eigenvalue weighted by molar-refractivity contribution is 0.356. The summed E-state index contributed by atoms with van der Waals surface area (Å²) in [7, 11) is 3.21. The van der Waals surface area contributed by atoms with Crippen molar-refractivity contribution in [2.75, 3.05) is 31.4 Å². The number of pyridine rings is 1. The van der Waals surface area contributed by atoms with Crippen molar-refractivity contribution < 1.29 is 9.47 Å². The van der Waals surface area contributed by atoms with Crippen LogP contribution >= 0.6 is 0 Å². The quantitative estimate of drug-likeness (QED) is 0.720. The lowest BCUT2D eigenvalue weighted by Gasteiger charge is -2.13. The summed E-state index contributed by atoms with van der Waals surface area (Å²) < 4.78 is 10.7. The van der Waals surface area contributed by atoms with E-state index in [1.807, 2.05) is 31.2 Å². The SMILES string of the molecule is CCNc1nc(Nc2ccncc2)nc2cc(OC)c(OC)cc12. The number of hydrogen-bond acceptors (Lipinski definition) is 7. The maximum absolute atomic E-state index is 5.37. The first-order valence-corrected chi connectivity index (χ1v) is 7.59. The van der Waals surface area contributed by atoms with Crippen LogP contribution in [0, 0.1) is 0 Å². The Morgan fingerprint density at radius 3 is 2.38 bits per heavy atom. The minimum Gasteiger partial charge on any atom is -0.493 e. The first-order valence-electron chi connectivity index (χ1n) is 7.59. The normalized spacial score (nSPS) is 10.5. The summed E-state index contributed by atoms with van der Waals surface area (Å²) in [5.74, 6) is 2.50. The van der Waals surface area contributed by atoms with E-state index < -0.39 is 0 Å². The molecular weight excluding hydrogens is 306 g/mol. The van der Waals surface area contributed by atoms with Crippen LogP contribution in [0.25, 0.3) is 10.9 Å². The Balaban J connectivity index is 2.11. The van der Waals surface area contributed by atoms with Gasteiger partial charge in [0, 0.05) is 36.1 Å². The zero-order chi connectivity index (χ0) is 16.9. The molecule has 2 heterocycles. The Labute approximate surface area is 140 Å². The maximum atomic E-state index is 5.37. The third-order valence-corrected chi connectivity index (χ3v) is 3.48. The molecule has 0 aliphatic carbocycles. The van der Waals surface area contributed by atoms with Crippen LogP contribution in [0.1, 0.15) is 6.92 Å². The Morgan fingerprint density at radius 2 is 1.71 bits per heavy atom. The molecule has 0 saturated heterocycles. The summed E-state index contributed by atoms with van der Waals surface area (Å²) in [6, 6.07) is 7.43. The smallest absolute Gasteiger partial charge is 0.229 e. The number of rotatable bonds is 6. The largest absolute Gasteiger partial charge is 0.493 e. The summed E-state index contributed by atoms with van der Waals surface area (Å²) in [5, 5.41) is 7.32. The van der Waals surface area contributed by atoms with E-state index in [2.05, 4.69) is 25.6 Å². The maximum Gasteiger partial charge on any atom is 0.229 e. The fourth-order valence-electron chi connectivity index (χ4n) is 2.38. The van der Waals surface area contributed by atoms with Gasteiger partial charge < -0.3 is 20.1 Å². The van der Waals surface area contributed by atoms with Crippen LogP contribution in [0.15, 0.2) is 36.7 Å². The minimum absolute atomic E-state index is 0.497. The van der Waals surface area contributed by atoms with E-state index in [-0.39, 0.29) is 0 Å². The van der Waals surface area contributed by atoms with E-state index in [4.69, 9.17) is 9.47 Å². The molecule has 0 bridgehead atoms. The van der Waals surface area contributed by atoms with Gasteiger partial charge in [0.2, 0.25) is 5.95 Å². The summed E-state index contributed by atoms with van der Waals surface area (Å²) >= 11 is 0. The molecule has 24 heavy (non-hydrogen) atoms. The van der Waals surface area contributed by atoms with Crippen LogP contribution in [0.4, 0.5) is 17.5 Å². The summed E-state index contributed by atoms with van der Waals surface area (Å²) in [6.07, 6.45) is 3.42. The molecule has 3 rings (SSSR count). The second kappa shape index (κ2) is 6.99. The number of methoxy groups -OCH3 is 2. The van der Waals surface area contributed by atoms with Crippen molar-refractivity contribution in [2.45, 2.75) is 6.92 Å². The van der Waals surface area contributed by atoms with E-state index in [1.165, 1.54) is 0 Å². The van der Waals surface area contributed by atoms with E-state index in [0.717, 1.165) is 29.0 Å². The van der Waals surface area contributed by atoms with Gasteiger partial charge in [0.1, 0.15) is 5.82 Å². The molecule has 124 valence electrons. The van der Waals surface area contributed by atoms with E-state index >= 15 is 0 Å². The van der Waals surface area contributed by atoms with Crippen molar-refractivity contribution in [2.24, 2.45) is 0 Å². The molecule has 0 atom stereocenters. The van der Waals surface area contributed by atoms with Crippen LogP contribution in [0.2, 0.25) is 0 Å². The molecule has 0 aliphatic rings. The molecule has 2 aromatic heterocycles. The lowest BCUT2D eigenvalue weighted by Crippen LogP contribution is -2.05. The van der Waals surface area contributed by atoms with Crippen LogP contribution in [-0.2, 0) is 0 Å².